The van der Waals surface area contributed by atoms with Crippen LogP contribution >= 0.6 is 11.8 Å². The predicted octanol–water partition coefficient (Wildman–Crippen LogP) is 2.87. The van der Waals surface area contributed by atoms with E-state index in [0.717, 1.165) is 19.6 Å². The van der Waals surface area contributed by atoms with Gasteiger partial charge in [-0.25, -0.2) is 0 Å². The summed E-state index contributed by atoms with van der Waals surface area (Å²) in [6, 6.07) is 8.87. The van der Waals surface area contributed by atoms with E-state index in [-0.39, 0.29) is 5.41 Å². The van der Waals surface area contributed by atoms with Crippen LogP contribution in [0.5, 0.6) is 0 Å². The molecule has 1 aromatic rings. The van der Waals surface area contributed by atoms with Crippen LogP contribution in [0.4, 0.5) is 0 Å². The second-order valence-electron chi connectivity index (χ2n) is 5.58. The zero-order valence-electron chi connectivity index (χ0n) is 12.0. The van der Waals surface area contributed by atoms with Gasteiger partial charge in [-0.05, 0) is 43.0 Å². The quantitative estimate of drug-likeness (QED) is 0.745. The minimum Gasteiger partial charge on any atom is -0.330 e. The molecule has 2 nitrogen and oxygen atoms in total. The molecular formula is C15H26N2S. The van der Waals surface area contributed by atoms with Gasteiger partial charge in [0.15, 0.2) is 0 Å². The average molecular weight is 266 g/mol. The van der Waals surface area contributed by atoms with Crippen LogP contribution < -0.4 is 11.1 Å². The lowest BCUT2D eigenvalue weighted by molar-refractivity contribution is 0.434. The molecule has 0 radical (unpaired) electrons. The lowest BCUT2D eigenvalue weighted by Gasteiger charge is -2.26. The normalized spacial score (nSPS) is 13.6. The summed E-state index contributed by atoms with van der Waals surface area (Å²) in [4.78, 5) is 1.32. The van der Waals surface area contributed by atoms with Gasteiger partial charge in [-0.2, -0.15) is 0 Å². The summed E-state index contributed by atoms with van der Waals surface area (Å²) in [5.41, 5.74) is 7.16. The number of hydrogen-bond donors (Lipinski definition) is 2. The Bertz CT molecular complexity index is 346. The van der Waals surface area contributed by atoms with Gasteiger partial charge in [0.25, 0.3) is 0 Å². The zero-order valence-corrected chi connectivity index (χ0v) is 12.8. The van der Waals surface area contributed by atoms with E-state index < -0.39 is 0 Å². The van der Waals surface area contributed by atoms with Gasteiger partial charge >= 0.3 is 0 Å². The molecule has 3 N–H and O–H groups in total. The molecule has 0 heterocycles. The first kappa shape index (κ1) is 15.5. The molecule has 0 bridgehead atoms. The molecule has 1 aromatic carbocycles. The fourth-order valence-electron chi connectivity index (χ4n) is 1.86. The van der Waals surface area contributed by atoms with Gasteiger partial charge in [-0.15, -0.1) is 11.8 Å². The molecule has 1 rings (SSSR count). The summed E-state index contributed by atoms with van der Waals surface area (Å²) in [6.07, 6.45) is 2.11. The number of rotatable bonds is 7. The lowest BCUT2D eigenvalue weighted by Crippen LogP contribution is -2.36. The predicted molar refractivity (Wildman–Crippen MR) is 82.3 cm³/mol. The SMILES string of the molecule is CSc1ccc(C(C)(C)CNCC(C)CN)cc1. The van der Waals surface area contributed by atoms with Crippen molar-refractivity contribution in [1.29, 1.82) is 0 Å². The maximum absolute atomic E-state index is 5.62. The third-order valence-corrected chi connectivity index (χ3v) is 4.08. The maximum atomic E-state index is 5.62. The van der Waals surface area contributed by atoms with Crippen molar-refractivity contribution in [2.45, 2.75) is 31.1 Å². The zero-order chi connectivity index (χ0) is 13.6. The summed E-state index contributed by atoms with van der Waals surface area (Å²) in [5, 5.41) is 3.52. The molecule has 1 atom stereocenters. The van der Waals surface area contributed by atoms with Gasteiger partial charge < -0.3 is 11.1 Å². The first-order chi connectivity index (χ1) is 8.49. The van der Waals surface area contributed by atoms with Crippen LogP contribution in [-0.4, -0.2) is 25.9 Å². The van der Waals surface area contributed by atoms with Gasteiger partial charge in [0.05, 0.1) is 0 Å². The van der Waals surface area contributed by atoms with Crippen LogP contribution in [-0.2, 0) is 5.41 Å². The van der Waals surface area contributed by atoms with Gasteiger partial charge in [0.1, 0.15) is 0 Å². The highest BCUT2D eigenvalue weighted by atomic mass is 32.2. The van der Waals surface area contributed by atoms with E-state index in [9.17, 15) is 0 Å². The molecule has 0 aliphatic rings. The third-order valence-electron chi connectivity index (χ3n) is 3.33. The minimum absolute atomic E-state index is 0.158. The second kappa shape index (κ2) is 7.17. The Hall–Kier alpha value is -0.510. The molecule has 0 aliphatic heterocycles. The number of nitrogens with two attached hydrogens (primary N) is 1. The maximum Gasteiger partial charge on any atom is 0.00693 e. The topological polar surface area (TPSA) is 38.0 Å². The molecule has 18 heavy (non-hydrogen) atoms. The number of nitrogens with one attached hydrogen (secondary N) is 1. The van der Waals surface area contributed by atoms with Gasteiger partial charge in [-0.1, -0.05) is 32.9 Å². The Labute approximate surface area is 116 Å². The smallest absolute Gasteiger partial charge is 0.00693 e. The minimum atomic E-state index is 0.158. The first-order valence-corrected chi connectivity index (χ1v) is 7.77. The highest BCUT2D eigenvalue weighted by Gasteiger charge is 2.20. The highest BCUT2D eigenvalue weighted by Crippen LogP contribution is 2.24. The molecule has 1 unspecified atom stereocenters. The fraction of sp³-hybridized carbons (Fsp3) is 0.600. The van der Waals surface area contributed by atoms with Gasteiger partial charge in [-0.3, -0.25) is 0 Å². The van der Waals surface area contributed by atoms with Crippen LogP contribution in [0.1, 0.15) is 26.3 Å². The van der Waals surface area contributed by atoms with Crippen LogP contribution in [0.2, 0.25) is 0 Å². The Morgan fingerprint density at radius 2 is 1.89 bits per heavy atom. The summed E-state index contributed by atoms with van der Waals surface area (Å²) >= 11 is 1.78. The summed E-state index contributed by atoms with van der Waals surface area (Å²) in [5.74, 6) is 0.541. The molecule has 3 heteroatoms. The molecular weight excluding hydrogens is 240 g/mol. The fourth-order valence-corrected chi connectivity index (χ4v) is 2.27. The lowest BCUT2D eigenvalue weighted by atomic mass is 9.84. The van der Waals surface area contributed by atoms with Crippen molar-refractivity contribution in [2.75, 3.05) is 25.9 Å². The van der Waals surface area contributed by atoms with Crippen LogP contribution in [0, 0.1) is 5.92 Å². The standard InChI is InChI=1S/C15H26N2S/c1-12(9-16)10-17-11-15(2,3)13-5-7-14(18-4)8-6-13/h5-8,12,17H,9-11,16H2,1-4H3. The van der Waals surface area contributed by atoms with E-state index in [1.807, 2.05) is 0 Å². The van der Waals surface area contributed by atoms with E-state index in [2.05, 4.69) is 56.6 Å². The van der Waals surface area contributed by atoms with Crippen molar-refractivity contribution in [1.82, 2.24) is 5.32 Å². The molecule has 0 aromatic heterocycles. The molecule has 102 valence electrons. The van der Waals surface area contributed by atoms with E-state index in [1.54, 1.807) is 11.8 Å². The van der Waals surface area contributed by atoms with Crippen LogP contribution in [0.3, 0.4) is 0 Å². The molecule has 0 amide bonds. The number of benzene rings is 1. The Kier molecular flexibility index (Phi) is 6.19. The molecule has 0 aliphatic carbocycles. The van der Waals surface area contributed by atoms with E-state index in [4.69, 9.17) is 5.73 Å². The molecule has 0 fully saturated rings. The van der Waals surface area contributed by atoms with E-state index >= 15 is 0 Å². The van der Waals surface area contributed by atoms with Gasteiger partial charge in [0, 0.05) is 16.9 Å². The highest BCUT2D eigenvalue weighted by molar-refractivity contribution is 7.98. The van der Waals surface area contributed by atoms with Gasteiger partial charge in [0.2, 0.25) is 0 Å². The molecule has 0 saturated heterocycles. The summed E-state index contributed by atoms with van der Waals surface area (Å²) in [6.45, 7) is 9.45. The third kappa shape index (κ3) is 4.63. The summed E-state index contributed by atoms with van der Waals surface area (Å²) < 4.78 is 0. The van der Waals surface area contributed by atoms with Crippen molar-refractivity contribution in [3.05, 3.63) is 29.8 Å². The van der Waals surface area contributed by atoms with E-state index in [0.29, 0.717) is 5.92 Å². The van der Waals surface area contributed by atoms with Crippen molar-refractivity contribution >= 4 is 11.8 Å². The Balaban J connectivity index is 2.56. The van der Waals surface area contributed by atoms with Crippen LogP contribution in [0.25, 0.3) is 0 Å². The monoisotopic (exact) mass is 266 g/mol. The van der Waals surface area contributed by atoms with Crippen molar-refractivity contribution in [3.8, 4) is 0 Å². The second-order valence-corrected chi connectivity index (χ2v) is 6.46. The Morgan fingerprint density at radius 1 is 1.28 bits per heavy atom. The number of hydrogen-bond acceptors (Lipinski definition) is 3. The van der Waals surface area contributed by atoms with Crippen molar-refractivity contribution in [2.24, 2.45) is 11.7 Å². The summed E-state index contributed by atoms with van der Waals surface area (Å²) in [7, 11) is 0. The van der Waals surface area contributed by atoms with Crippen molar-refractivity contribution < 1.29 is 0 Å². The largest absolute Gasteiger partial charge is 0.330 e. The molecule has 0 saturated carbocycles. The average Bonchev–Trinajstić information content (AvgIpc) is 2.38. The Morgan fingerprint density at radius 3 is 2.39 bits per heavy atom. The van der Waals surface area contributed by atoms with Crippen molar-refractivity contribution in [3.63, 3.8) is 0 Å². The van der Waals surface area contributed by atoms with E-state index in [1.165, 1.54) is 10.5 Å². The number of thioether (sulfide) groups is 1. The molecule has 0 spiro atoms. The van der Waals surface area contributed by atoms with Crippen LogP contribution in [0.15, 0.2) is 29.2 Å². The first-order valence-electron chi connectivity index (χ1n) is 6.55.